The SMILES string of the molecule is COC(CNC1=NC2CC(C2)c2ccc(Br)cc21)OC. The third-order valence-corrected chi connectivity index (χ3v) is 4.59. The van der Waals surface area contributed by atoms with Crippen molar-refractivity contribution in [1.29, 1.82) is 0 Å². The lowest BCUT2D eigenvalue weighted by molar-refractivity contribution is -0.0965. The molecule has 1 N–H and O–H groups in total. The van der Waals surface area contributed by atoms with Gasteiger partial charge in [0.25, 0.3) is 0 Å². The molecule has 0 unspecified atom stereocenters. The Kier molecular flexibility index (Phi) is 4.10. The fourth-order valence-corrected chi connectivity index (χ4v) is 3.23. The van der Waals surface area contributed by atoms with E-state index in [1.54, 1.807) is 14.2 Å². The Bertz CT molecular complexity index is 523. The fraction of sp³-hybridized carbons (Fsp3) is 0.533. The van der Waals surface area contributed by atoms with Gasteiger partial charge in [-0.15, -0.1) is 0 Å². The maximum Gasteiger partial charge on any atom is 0.173 e. The molecule has 1 fully saturated rings. The number of methoxy groups -OCH3 is 2. The molecule has 0 amide bonds. The zero-order valence-corrected chi connectivity index (χ0v) is 13.3. The van der Waals surface area contributed by atoms with Crippen LogP contribution >= 0.6 is 15.9 Å². The molecule has 1 saturated carbocycles. The van der Waals surface area contributed by atoms with Gasteiger partial charge < -0.3 is 14.8 Å². The fourth-order valence-electron chi connectivity index (χ4n) is 2.87. The Balaban J connectivity index is 1.85. The first-order chi connectivity index (χ1) is 9.71. The Labute approximate surface area is 127 Å². The Hall–Kier alpha value is -0.910. The summed E-state index contributed by atoms with van der Waals surface area (Å²) in [6.45, 7) is 0.592. The number of aliphatic imine (C=N–C) groups is 1. The second-order valence-corrected chi connectivity index (χ2v) is 6.23. The first-order valence-corrected chi connectivity index (χ1v) is 7.67. The lowest BCUT2D eigenvalue weighted by Crippen LogP contribution is -2.35. The summed E-state index contributed by atoms with van der Waals surface area (Å²) in [6.07, 6.45) is 2.07. The van der Waals surface area contributed by atoms with Gasteiger partial charge in [-0.2, -0.15) is 0 Å². The standard InChI is InChI=1S/C15H19BrN2O2/c1-19-14(20-2)8-17-15-13-7-10(16)3-4-12(13)9-5-11(6-9)18-15/h3-4,7,9,11,14H,5-6,8H2,1-2H3,(H,17,18). The van der Waals surface area contributed by atoms with Crippen LogP contribution in [0.4, 0.5) is 0 Å². The molecule has 2 bridgehead atoms. The molecule has 5 heteroatoms. The van der Waals surface area contributed by atoms with Crippen LogP contribution in [-0.4, -0.2) is 38.9 Å². The maximum atomic E-state index is 5.22. The van der Waals surface area contributed by atoms with Gasteiger partial charge in [0.05, 0.1) is 12.6 Å². The number of hydrogen-bond donors (Lipinski definition) is 1. The molecule has 3 aliphatic rings. The van der Waals surface area contributed by atoms with E-state index >= 15 is 0 Å². The van der Waals surface area contributed by atoms with E-state index < -0.39 is 0 Å². The average Bonchev–Trinajstić information content (AvgIpc) is 2.64. The number of nitrogens with one attached hydrogen (secondary N) is 1. The van der Waals surface area contributed by atoms with E-state index in [1.165, 1.54) is 11.1 Å². The topological polar surface area (TPSA) is 42.8 Å². The third-order valence-electron chi connectivity index (χ3n) is 4.10. The van der Waals surface area contributed by atoms with Gasteiger partial charge in [0, 0.05) is 24.3 Å². The smallest absolute Gasteiger partial charge is 0.173 e. The van der Waals surface area contributed by atoms with E-state index in [2.05, 4.69) is 39.4 Å². The lowest BCUT2D eigenvalue weighted by atomic mass is 9.76. The molecule has 20 heavy (non-hydrogen) atoms. The molecule has 1 aromatic carbocycles. The first kappa shape index (κ1) is 14.0. The molecule has 0 saturated heterocycles. The van der Waals surface area contributed by atoms with Gasteiger partial charge in [-0.05, 0) is 36.5 Å². The molecule has 0 atom stereocenters. The van der Waals surface area contributed by atoms with E-state index in [9.17, 15) is 0 Å². The number of halogens is 1. The minimum absolute atomic E-state index is 0.258. The molecule has 2 heterocycles. The molecule has 108 valence electrons. The van der Waals surface area contributed by atoms with Crippen LogP contribution in [0.2, 0.25) is 0 Å². The molecule has 2 aliphatic heterocycles. The number of amidine groups is 1. The quantitative estimate of drug-likeness (QED) is 0.858. The van der Waals surface area contributed by atoms with Crippen molar-refractivity contribution in [3.8, 4) is 0 Å². The Morgan fingerprint density at radius 1 is 1.35 bits per heavy atom. The monoisotopic (exact) mass is 338 g/mol. The zero-order valence-electron chi connectivity index (χ0n) is 11.7. The van der Waals surface area contributed by atoms with Crippen molar-refractivity contribution in [2.75, 3.05) is 20.8 Å². The van der Waals surface area contributed by atoms with Crippen molar-refractivity contribution in [2.24, 2.45) is 4.99 Å². The third kappa shape index (κ3) is 2.62. The molecule has 0 spiro atoms. The van der Waals surface area contributed by atoms with Crippen molar-refractivity contribution in [3.05, 3.63) is 33.8 Å². The predicted octanol–water partition coefficient (Wildman–Crippen LogP) is 2.66. The van der Waals surface area contributed by atoms with Crippen LogP contribution in [0, 0.1) is 0 Å². The van der Waals surface area contributed by atoms with Crippen LogP contribution in [0.1, 0.15) is 29.9 Å². The highest BCUT2D eigenvalue weighted by molar-refractivity contribution is 9.10. The maximum absolute atomic E-state index is 5.22. The van der Waals surface area contributed by atoms with Gasteiger partial charge in [0.15, 0.2) is 6.29 Å². The van der Waals surface area contributed by atoms with Gasteiger partial charge in [-0.3, -0.25) is 4.99 Å². The number of nitrogens with zero attached hydrogens (tertiary/aromatic N) is 1. The number of benzene rings is 1. The normalized spacial score (nSPS) is 23.7. The summed E-state index contributed by atoms with van der Waals surface area (Å²) < 4.78 is 11.5. The average molecular weight is 339 g/mol. The van der Waals surface area contributed by atoms with E-state index in [1.807, 2.05) is 0 Å². The summed E-state index contributed by atoms with van der Waals surface area (Å²) in [6, 6.07) is 6.93. The second-order valence-electron chi connectivity index (χ2n) is 5.31. The van der Waals surface area contributed by atoms with Crippen LogP contribution in [0.3, 0.4) is 0 Å². The molecular formula is C15H19BrN2O2. The van der Waals surface area contributed by atoms with E-state index in [0.29, 0.717) is 18.5 Å². The summed E-state index contributed by atoms with van der Waals surface area (Å²) in [4.78, 5) is 4.84. The Morgan fingerprint density at radius 3 is 2.80 bits per heavy atom. The summed E-state index contributed by atoms with van der Waals surface area (Å²) in [5.74, 6) is 1.62. The van der Waals surface area contributed by atoms with Gasteiger partial charge >= 0.3 is 0 Å². The van der Waals surface area contributed by atoms with Crippen molar-refractivity contribution < 1.29 is 9.47 Å². The number of rotatable bonds is 4. The number of ether oxygens (including phenoxy) is 2. The van der Waals surface area contributed by atoms with Crippen LogP contribution < -0.4 is 5.32 Å². The highest BCUT2D eigenvalue weighted by atomic mass is 79.9. The summed E-state index contributed by atoms with van der Waals surface area (Å²) >= 11 is 3.55. The van der Waals surface area contributed by atoms with Gasteiger partial charge in [0.1, 0.15) is 5.84 Å². The van der Waals surface area contributed by atoms with Gasteiger partial charge in [-0.1, -0.05) is 22.0 Å². The molecule has 0 aromatic heterocycles. The van der Waals surface area contributed by atoms with Gasteiger partial charge in [0.2, 0.25) is 0 Å². The van der Waals surface area contributed by atoms with Crippen molar-refractivity contribution in [1.82, 2.24) is 5.32 Å². The predicted molar refractivity (Wildman–Crippen MR) is 82.3 cm³/mol. The second kappa shape index (κ2) is 5.84. The Morgan fingerprint density at radius 2 is 2.10 bits per heavy atom. The van der Waals surface area contributed by atoms with Crippen LogP contribution in [-0.2, 0) is 9.47 Å². The highest BCUT2D eigenvalue weighted by Gasteiger charge is 2.35. The van der Waals surface area contributed by atoms with Crippen LogP contribution in [0.15, 0.2) is 27.7 Å². The van der Waals surface area contributed by atoms with Gasteiger partial charge in [-0.25, -0.2) is 0 Å². The van der Waals surface area contributed by atoms with Crippen LogP contribution in [0.25, 0.3) is 0 Å². The summed E-state index contributed by atoms with van der Waals surface area (Å²) in [7, 11) is 3.29. The largest absolute Gasteiger partial charge is 0.365 e. The summed E-state index contributed by atoms with van der Waals surface area (Å²) in [5.41, 5.74) is 2.61. The molecule has 0 radical (unpaired) electrons. The summed E-state index contributed by atoms with van der Waals surface area (Å²) in [5, 5.41) is 3.38. The lowest BCUT2D eigenvalue weighted by Gasteiger charge is -2.30. The molecule has 4 rings (SSSR count). The van der Waals surface area contributed by atoms with E-state index in [-0.39, 0.29) is 6.29 Å². The van der Waals surface area contributed by atoms with Crippen molar-refractivity contribution in [3.63, 3.8) is 0 Å². The van der Waals surface area contributed by atoms with E-state index in [4.69, 9.17) is 14.5 Å². The van der Waals surface area contributed by atoms with Crippen molar-refractivity contribution >= 4 is 21.8 Å². The van der Waals surface area contributed by atoms with E-state index in [0.717, 1.165) is 23.1 Å². The van der Waals surface area contributed by atoms with Crippen molar-refractivity contribution in [2.45, 2.75) is 31.1 Å². The van der Waals surface area contributed by atoms with Crippen LogP contribution in [0.5, 0.6) is 0 Å². The minimum atomic E-state index is -0.258. The zero-order chi connectivity index (χ0) is 14.1. The molecule has 1 aliphatic carbocycles. The highest BCUT2D eigenvalue weighted by Crippen LogP contribution is 2.43. The minimum Gasteiger partial charge on any atom is -0.365 e. The molecule has 1 aromatic rings. The molecular weight excluding hydrogens is 320 g/mol. The first-order valence-electron chi connectivity index (χ1n) is 6.88. The number of hydrogen-bond acceptors (Lipinski definition) is 4. The molecule has 4 nitrogen and oxygen atoms in total.